The molecule has 0 atom stereocenters. The highest BCUT2D eigenvalue weighted by Crippen LogP contribution is 2.14. The van der Waals surface area contributed by atoms with Crippen LogP contribution in [-0.2, 0) is 0 Å². The van der Waals surface area contributed by atoms with Gasteiger partial charge in [0.1, 0.15) is 0 Å². The van der Waals surface area contributed by atoms with Gasteiger partial charge in [0.15, 0.2) is 5.78 Å². The van der Waals surface area contributed by atoms with Crippen molar-refractivity contribution < 1.29 is 9.59 Å². The first kappa shape index (κ1) is 17.1. The molecule has 1 saturated heterocycles. The second-order valence-corrected chi connectivity index (χ2v) is 6.56. The number of hydrogen-bond donors (Lipinski definition) is 0. The third kappa shape index (κ3) is 3.77. The summed E-state index contributed by atoms with van der Waals surface area (Å²) in [6, 6.07) is 14.4. The van der Waals surface area contributed by atoms with Crippen molar-refractivity contribution in [2.75, 3.05) is 13.1 Å². The first-order valence-electron chi connectivity index (χ1n) is 9.04. The lowest BCUT2D eigenvalue weighted by atomic mass is 10.1. The number of carbonyl (C=O) groups excluding carboxylic acids is 2. The van der Waals surface area contributed by atoms with Crippen molar-refractivity contribution >= 4 is 28.8 Å². The van der Waals surface area contributed by atoms with Crippen molar-refractivity contribution in [3.8, 4) is 0 Å². The number of aromatic nitrogens is 2. The minimum Gasteiger partial charge on any atom is -0.339 e. The molecule has 3 aromatic rings. The minimum absolute atomic E-state index is 0.0356. The highest BCUT2D eigenvalue weighted by molar-refractivity contribution is 6.07. The van der Waals surface area contributed by atoms with E-state index in [-0.39, 0.29) is 11.7 Å². The van der Waals surface area contributed by atoms with E-state index >= 15 is 0 Å². The van der Waals surface area contributed by atoms with E-state index in [1.807, 2.05) is 29.2 Å². The molecular weight excluding hydrogens is 338 g/mol. The molecule has 1 aliphatic rings. The van der Waals surface area contributed by atoms with Crippen molar-refractivity contribution in [1.82, 2.24) is 14.9 Å². The Balaban J connectivity index is 1.47. The normalized spacial score (nSPS) is 14.1. The number of ketones is 1. The summed E-state index contributed by atoms with van der Waals surface area (Å²) in [6.07, 6.45) is 6.90. The number of para-hydroxylation sites is 2. The topological polar surface area (TPSA) is 63.2 Å². The van der Waals surface area contributed by atoms with E-state index in [1.54, 1.807) is 36.5 Å². The first-order valence-corrected chi connectivity index (χ1v) is 9.04. The zero-order valence-electron chi connectivity index (χ0n) is 14.8. The van der Waals surface area contributed by atoms with Crippen LogP contribution in [0.5, 0.6) is 0 Å². The molecule has 2 aromatic carbocycles. The second kappa shape index (κ2) is 7.50. The Morgan fingerprint density at radius 2 is 1.56 bits per heavy atom. The van der Waals surface area contributed by atoms with Gasteiger partial charge in [-0.15, -0.1) is 0 Å². The van der Waals surface area contributed by atoms with Crippen LogP contribution in [0.3, 0.4) is 0 Å². The lowest BCUT2D eigenvalue weighted by Gasteiger charge is -2.15. The Kier molecular flexibility index (Phi) is 4.75. The molecule has 0 unspecified atom stereocenters. The molecule has 0 radical (unpaired) electrons. The maximum Gasteiger partial charge on any atom is 0.253 e. The van der Waals surface area contributed by atoms with Crippen LogP contribution in [0.15, 0.2) is 60.8 Å². The predicted molar refractivity (Wildman–Crippen MR) is 104 cm³/mol. The number of likely N-dealkylation sites (tertiary alicyclic amines) is 1. The summed E-state index contributed by atoms with van der Waals surface area (Å²) >= 11 is 0. The molecule has 0 aliphatic carbocycles. The Hall–Kier alpha value is -3.34. The third-order valence-corrected chi connectivity index (χ3v) is 4.68. The van der Waals surface area contributed by atoms with E-state index in [0.717, 1.165) is 37.0 Å². The fourth-order valence-electron chi connectivity index (χ4n) is 3.19. The molecule has 0 spiro atoms. The summed E-state index contributed by atoms with van der Waals surface area (Å²) in [5.41, 5.74) is 3.40. The Labute approximate surface area is 157 Å². The number of amides is 1. The third-order valence-electron chi connectivity index (χ3n) is 4.68. The molecule has 1 fully saturated rings. The molecule has 134 valence electrons. The van der Waals surface area contributed by atoms with Gasteiger partial charge >= 0.3 is 0 Å². The van der Waals surface area contributed by atoms with E-state index < -0.39 is 0 Å². The zero-order chi connectivity index (χ0) is 18.6. The quantitative estimate of drug-likeness (QED) is 0.527. The maximum absolute atomic E-state index is 12.4. The molecule has 2 heterocycles. The Morgan fingerprint density at radius 3 is 2.30 bits per heavy atom. The minimum atomic E-state index is -0.134. The first-order chi connectivity index (χ1) is 13.2. The lowest BCUT2D eigenvalue weighted by molar-refractivity contribution is 0.0792. The number of carbonyl (C=O) groups is 2. The fraction of sp³-hybridized carbons (Fsp3) is 0.182. The molecule has 0 N–H and O–H groups in total. The standard InChI is InChI=1S/C22H19N3O2/c26-21(12-11-18-15-23-19-5-1-2-6-20(19)24-18)16-7-9-17(10-8-16)22(27)25-13-3-4-14-25/h1-2,5-12,15H,3-4,13-14H2/b12-11+. The molecule has 4 rings (SSSR count). The molecule has 0 saturated carbocycles. The van der Waals surface area contributed by atoms with Gasteiger partial charge in [0.25, 0.3) is 5.91 Å². The Morgan fingerprint density at radius 1 is 0.889 bits per heavy atom. The Bertz CT molecular complexity index is 1020. The SMILES string of the molecule is O=C(/C=C/c1cnc2ccccc2n1)c1ccc(C(=O)N2CCCC2)cc1. The maximum atomic E-state index is 12.4. The summed E-state index contributed by atoms with van der Waals surface area (Å²) in [4.78, 5) is 35.4. The van der Waals surface area contributed by atoms with Gasteiger partial charge in [-0.05, 0) is 49.3 Å². The van der Waals surface area contributed by atoms with Gasteiger partial charge in [-0.25, -0.2) is 4.98 Å². The highest BCUT2D eigenvalue weighted by Gasteiger charge is 2.19. The van der Waals surface area contributed by atoms with Crippen LogP contribution in [0, 0.1) is 0 Å². The summed E-state index contributed by atoms with van der Waals surface area (Å²) in [5.74, 6) is -0.0985. The molecule has 1 aromatic heterocycles. The van der Waals surface area contributed by atoms with Gasteiger partial charge in [-0.2, -0.15) is 0 Å². The van der Waals surface area contributed by atoms with Gasteiger partial charge < -0.3 is 4.90 Å². The molecular formula is C22H19N3O2. The van der Waals surface area contributed by atoms with Crippen molar-refractivity contribution in [2.45, 2.75) is 12.8 Å². The number of fused-ring (bicyclic) bond motifs is 1. The number of hydrogen-bond acceptors (Lipinski definition) is 4. The van der Waals surface area contributed by atoms with Crippen molar-refractivity contribution in [3.05, 3.63) is 77.6 Å². The highest BCUT2D eigenvalue weighted by atomic mass is 16.2. The lowest BCUT2D eigenvalue weighted by Crippen LogP contribution is -2.27. The number of rotatable bonds is 4. The van der Waals surface area contributed by atoms with Crippen LogP contribution in [0.1, 0.15) is 39.3 Å². The second-order valence-electron chi connectivity index (χ2n) is 6.56. The van der Waals surface area contributed by atoms with E-state index in [1.165, 1.54) is 6.08 Å². The van der Waals surface area contributed by atoms with Crippen LogP contribution in [-0.4, -0.2) is 39.6 Å². The van der Waals surface area contributed by atoms with Gasteiger partial charge in [-0.3, -0.25) is 14.6 Å². The fourth-order valence-corrected chi connectivity index (χ4v) is 3.19. The van der Waals surface area contributed by atoms with Crippen molar-refractivity contribution in [1.29, 1.82) is 0 Å². The van der Waals surface area contributed by atoms with Crippen LogP contribution in [0.2, 0.25) is 0 Å². The van der Waals surface area contributed by atoms with Gasteiger partial charge in [0, 0.05) is 24.2 Å². The van der Waals surface area contributed by atoms with Crippen molar-refractivity contribution in [2.24, 2.45) is 0 Å². The van der Waals surface area contributed by atoms with E-state index in [4.69, 9.17) is 0 Å². The summed E-state index contributed by atoms with van der Waals surface area (Å²) in [6.45, 7) is 1.63. The van der Waals surface area contributed by atoms with Crippen LogP contribution in [0.25, 0.3) is 17.1 Å². The molecule has 1 aliphatic heterocycles. The molecule has 0 bridgehead atoms. The average Bonchev–Trinajstić information content (AvgIpc) is 3.26. The zero-order valence-corrected chi connectivity index (χ0v) is 14.8. The molecule has 5 nitrogen and oxygen atoms in total. The number of nitrogens with zero attached hydrogens (tertiary/aromatic N) is 3. The summed E-state index contributed by atoms with van der Waals surface area (Å²) in [5, 5.41) is 0. The largest absolute Gasteiger partial charge is 0.339 e. The van der Waals surface area contributed by atoms with E-state index in [0.29, 0.717) is 16.8 Å². The van der Waals surface area contributed by atoms with Gasteiger partial charge in [-0.1, -0.05) is 24.3 Å². The number of benzene rings is 2. The van der Waals surface area contributed by atoms with Crippen LogP contribution in [0.4, 0.5) is 0 Å². The van der Waals surface area contributed by atoms with Crippen LogP contribution >= 0.6 is 0 Å². The van der Waals surface area contributed by atoms with E-state index in [2.05, 4.69) is 9.97 Å². The molecule has 5 heteroatoms. The molecule has 27 heavy (non-hydrogen) atoms. The predicted octanol–water partition coefficient (Wildman–Crippen LogP) is 3.76. The average molecular weight is 357 g/mol. The summed E-state index contributed by atoms with van der Waals surface area (Å²) < 4.78 is 0. The van der Waals surface area contributed by atoms with Gasteiger partial charge in [0.2, 0.25) is 0 Å². The molecule has 1 amide bonds. The monoisotopic (exact) mass is 357 g/mol. The van der Waals surface area contributed by atoms with Crippen LogP contribution < -0.4 is 0 Å². The smallest absolute Gasteiger partial charge is 0.253 e. The van der Waals surface area contributed by atoms with Crippen molar-refractivity contribution in [3.63, 3.8) is 0 Å². The number of allylic oxidation sites excluding steroid dienone is 1. The van der Waals surface area contributed by atoms with E-state index in [9.17, 15) is 9.59 Å². The summed E-state index contributed by atoms with van der Waals surface area (Å²) in [7, 11) is 0. The van der Waals surface area contributed by atoms with Gasteiger partial charge in [0.05, 0.1) is 22.9 Å².